The van der Waals surface area contributed by atoms with E-state index in [0.717, 1.165) is 18.4 Å². The molecule has 0 spiro atoms. The van der Waals surface area contributed by atoms with Gasteiger partial charge in [-0.2, -0.15) is 0 Å². The van der Waals surface area contributed by atoms with Gasteiger partial charge in [0.2, 0.25) is 0 Å². The highest BCUT2D eigenvalue weighted by atomic mass is 16.6. The van der Waals surface area contributed by atoms with E-state index in [0.29, 0.717) is 13.0 Å². The molecule has 1 aromatic rings. The maximum Gasteiger partial charge on any atom is 0.410 e. The summed E-state index contributed by atoms with van der Waals surface area (Å²) in [5, 5.41) is 11.6. The van der Waals surface area contributed by atoms with Crippen LogP contribution in [0.5, 0.6) is 0 Å². The monoisotopic (exact) mass is 277 g/mol. The first-order valence-corrected chi connectivity index (χ1v) is 6.64. The first kappa shape index (κ1) is 14.2. The van der Waals surface area contributed by atoms with Gasteiger partial charge in [-0.1, -0.05) is 35.5 Å². The van der Waals surface area contributed by atoms with Crippen molar-refractivity contribution in [3.05, 3.63) is 35.9 Å². The van der Waals surface area contributed by atoms with Gasteiger partial charge in [0, 0.05) is 19.0 Å². The number of benzene rings is 1. The summed E-state index contributed by atoms with van der Waals surface area (Å²) in [7, 11) is 0. The molecule has 0 aromatic heterocycles. The molecule has 3 N–H and O–H groups in total. The molecule has 0 aliphatic carbocycles. The van der Waals surface area contributed by atoms with Crippen LogP contribution in [0.15, 0.2) is 35.5 Å². The number of nitrogens with zero attached hydrogens (tertiary/aromatic N) is 2. The molecule has 1 heterocycles. The third-order valence-electron chi connectivity index (χ3n) is 3.39. The number of likely N-dealkylation sites (tertiary alicyclic amines) is 1. The van der Waals surface area contributed by atoms with Crippen molar-refractivity contribution >= 4 is 11.9 Å². The van der Waals surface area contributed by atoms with Crippen LogP contribution in [0.3, 0.4) is 0 Å². The molecule has 2 rings (SSSR count). The van der Waals surface area contributed by atoms with Gasteiger partial charge in [0.25, 0.3) is 0 Å². The lowest BCUT2D eigenvalue weighted by Gasteiger charge is -2.23. The maximum atomic E-state index is 12.1. The molecule has 0 radical (unpaired) electrons. The summed E-state index contributed by atoms with van der Waals surface area (Å²) in [6, 6.07) is 9.49. The van der Waals surface area contributed by atoms with Crippen molar-refractivity contribution in [3.8, 4) is 0 Å². The molecule has 0 bridgehead atoms. The minimum atomic E-state index is -0.345. The Morgan fingerprint density at radius 3 is 2.90 bits per heavy atom. The highest BCUT2D eigenvalue weighted by Gasteiger charge is 2.30. The van der Waals surface area contributed by atoms with Crippen LogP contribution in [0.1, 0.15) is 24.8 Å². The van der Waals surface area contributed by atoms with E-state index in [2.05, 4.69) is 5.16 Å². The summed E-state index contributed by atoms with van der Waals surface area (Å²) in [5.74, 6) is 0.137. The first-order chi connectivity index (χ1) is 9.70. The molecular weight excluding hydrogens is 258 g/mol. The zero-order chi connectivity index (χ0) is 14.4. The van der Waals surface area contributed by atoms with Gasteiger partial charge in [0.15, 0.2) is 0 Å². The molecule has 0 saturated carbocycles. The fraction of sp³-hybridized carbons (Fsp3) is 0.429. The zero-order valence-electron chi connectivity index (χ0n) is 11.2. The normalized spacial score (nSPS) is 19.1. The fourth-order valence-corrected chi connectivity index (χ4v) is 2.37. The van der Waals surface area contributed by atoms with Crippen LogP contribution in [0.25, 0.3) is 0 Å². The lowest BCUT2D eigenvalue weighted by Crippen LogP contribution is -2.38. The van der Waals surface area contributed by atoms with E-state index in [1.54, 1.807) is 4.90 Å². The number of amidine groups is 1. The van der Waals surface area contributed by atoms with Crippen LogP contribution in [-0.2, 0) is 11.3 Å². The third-order valence-corrected chi connectivity index (χ3v) is 3.39. The van der Waals surface area contributed by atoms with E-state index in [1.807, 2.05) is 30.3 Å². The van der Waals surface area contributed by atoms with Crippen molar-refractivity contribution in [1.29, 1.82) is 0 Å². The van der Waals surface area contributed by atoms with Crippen LogP contribution < -0.4 is 5.73 Å². The van der Waals surface area contributed by atoms with Gasteiger partial charge in [0.1, 0.15) is 12.4 Å². The number of hydrogen-bond donors (Lipinski definition) is 2. The minimum absolute atomic E-state index is 0.0471. The minimum Gasteiger partial charge on any atom is -0.445 e. The standard InChI is InChI=1S/C14H19N3O3/c15-13(16-19)9-12-7-4-8-17(12)14(18)20-10-11-5-2-1-3-6-11/h1-3,5-6,12,19H,4,7-10H2,(H2,15,16). The number of amides is 1. The molecule has 1 aliphatic heterocycles. The van der Waals surface area contributed by atoms with Gasteiger partial charge in [0.05, 0.1) is 0 Å². The Morgan fingerprint density at radius 1 is 1.45 bits per heavy atom. The van der Waals surface area contributed by atoms with Gasteiger partial charge in [-0.25, -0.2) is 4.79 Å². The van der Waals surface area contributed by atoms with Crippen molar-refractivity contribution in [1.82, 2.24) is 4.90 Å². The van der Waals surface area contributed by atoms with E-state index in [-0.39, 0.29) is 24.6 Å². The first-order valence-electron chi connectivity index (χ1n) is 6.64. The van der Waals surface area contributed by atoms with Crippen molar-refractivity contribution < 1.29 is 14.7 Å². The Balaban J connectivity index is 1.88. The highest BCUT2D eigenvalue weighted by molar-refractivity contribution is 5.81. The number of nitrogens with two attached hydrogens (primary N) is 1. The number of rotatable bonds is 4. The van der Waals surface area contributed by atoms with Crippen molar-refractivity contribution in [3.63, 3.8) is 0 Å². The molecule has 1 amide bonds. The number of hydrogen-bond acceptors (Lipinski definition) is 4. The second kappa shape index (κ2) is 6.79. The molecule has 1 saturated heterocycles. The van der Waals surface area contributed by atoms with Crippen LogP contribution >= 0.6 is 0 Å². The van der Waals surface area contributed by atoms with Crippen LogP contribution in [-0.4, -0.2) is 34.6 Å². The zero-order valence-corrected chi connectivity index (χ0v) is 11.2. The highest BCUT2D eigenvalue weighted by Crippen LogP contribution is 2.21. The molecule has 1 aromatic carbocycles. The van der Waals surface area contributed by atoms with Crippen molar-refractivity contribution in [2.24, 2.45) is 10.9 Å². The van der Waals surface area contributed by atoms with E-state index in [1.165, 1.54) is 0 Å². The summed E-state index contributed by atoms with van der Waals surface area (Å²) in [6.45, 7) is 0.906. The SMILES string of the molecule is N/C(CC1CCCN1C(=O)OCc1ccccc1)=N/O. The Labute approximate surface area is 117 Å². The van der Waals surface area contributed by atoms with Gasteiger partial charge in [-0.15, -0.1) is 0 Å². The Hall–Kier alpha value is -2.24. The molecule has 6 heteroatoms. The van der Waals surface area contributed by atoms with E-state index in [9.17, 15) is 4.79 Å². The molecule has 1 aliphatic rings. The average Bonchev–Trinajstić information content (AvgIpc) is 2.94. The van der Waals surface area contributed by atoms with Crippen LogP contribution in [0.4, 0.5) is 4.79 Å². The largest absolute Gasteiger partial charge is 0.445 e. The summed E-state index contributed by atoms with van der Waals surface area (Å²) in [6.07, 6.45) is 1.78. The van der Waals surface area contributed by atoms with Crippen LogP contribution in [0, 0.1) is 0 Å². The lowest BCUT2D eigenvalue weighted by molar-refractivity contribution is 0.0929. The molecule has 20 heavy (non-hydrogen) atoms. The quantitative estimate of drug-likeness (QED) is 0.381. The lowest BCUT2D eigenvalue weighted by atomic mass is 10.1. The van der Waals surface area contributed by atoms with Gasteiger partial charge in [-0.3, -0.25) is 0 Å². The molecule has 1 unspecified atom stereocenters. The van der Waals surface area contributed by atoms with Gasteiger partial charge < -0.3 is 20.6 Å². The Bertz CT molecular complexity index is 476. The van der Waals surface area contributed by atoms with Gasteiger partial charge >= 0.3 is 6.09 Å². The second-order valence-corrected chi connectivity index (χ2v) is 4.83. The van der Waals surface area contributed by atoms with Crippen molar-refractivity contribution in [2.75, 3.05) is 6.54 Å². The molecule has 1 fully saturated rings. The molecule has 108 valence electrons. The smallest absolute Gasteiger partial charge is 0.410 e. The molecule has 6 nitrogen and oxygen atoms in total. The Morgan fingerprint density at radius 2 is 2.20 bits per heavy atom. The topological polar surface area (TPSA) is 88.2 Å². The van der Waals surface area contributed by atoms with Gasteiger partial charge in [-0.05, 0) is 18.4 Å². The maximum absolute atomic E-state index is 12.1. The van der Waals surface area contributed by atoms with E-state index >= 15 is 0 Å². The number of carbonyl (C=O) groups excluding carboxylic acids is 1. The summed E-state index contributed by atoms with van der Waals surface area (Å²) < 4.78 is 5.30. The second-order valence-electron chi connectivity index (χ2n) is 4.83. The predicted octanol–water partition coefficient (Wildman–Crippen LogP) is 1.92. The third kappa shape index (κ3) is 3.63. The summed E-state index contributed by atoms with van der Waals surface area (Å²) in [5.41, 5.74) is 6.45. The predicted molar refractivity (Wildman–Crippen MR) is 74.4 cm³/mol. The van der Waals surface area contributed by atoms with E-state index in [4.69, 9.17) is 15.7 Å². The Kier molecular flexibility index (Phi) is 4.81. The number of oxime groups is 1. The van der Waals surface area contributed by atoms with E-state index < -0.39 is 0 Å². The summed E-state index contributed by atoms with van der Waals surface area (Å²) in [4.78, 5) is 13.7. The number of ether oxygens (including phenoxy) is 1. The number of carbonyl (C=O) groups is 1. The molecule has 1 atom stereocenters. The average molecular weight is 277 g/mol. The van der Waals surface area contributed by atoms with Crippen LogP contribution in [0.2, 0.25) is 0 Å². The fourth-order valence-electron chi connectivity index (χ4n) is 2.37. The molecular formula is C14H19N3O3. The summed E-state index contributed by atoms with van der Waals surface area (Å²) >= 11 is 0. The van der Waals surface area contributed by atoms with Crippen molar-refractivity contribution in [2.45, 2.75) is 31.9 Å².